The van der Waals surface area contributed by atoms with E-state index in [-0.39, 0.29) is 9.92 Å². The van der Waals surface area contributed by atoms with Crippen molar-refractivity contribution >= 4 is 33.1 Å². The highest BCUT2D eigenvalue weighted by molar-refractivity contribution is 7.92. The van der Waals surface area contributed by atoms with Gasteiger partial charge >= 0.3 is 0 Å². The van der Waals surface area contributed by atoms with Crippen LogP contribution in [0.5, 0.6) is 0 Å². The Morgan fingerprint density at radius 3 is 2.43 bits per heavy atom. The van der Waals surface area contributed by atoms with Crippen LogP contribution in [0.1, 0.15) is 12.8 Å². The SMILES string of the molecule is O=S(=O)(Nc1cccc(-c2ccc(N3CCCC3)nn2)c1)c1ccccc1Cl. The summed E-state index contributed by atoms with van der Waals surface area (Å²) < 4.78 is 27.8. The van der Waals surface area contributed by atoms with Gasteiger partial charge in [-0.2, -0.15) is 0 Å². The Kier molecular flexibility index (Phi) is 5.19. The minimum atomic E-state index is -3.79. The third kappa shape index (κ3) is 3.95. The maximum atomic E-state index is 12.6. The Balaban J connectivity index is 1.57. The van der Waals surface area contributed by atoms with Crippen molar-refractivity contribution in [1.29, 1.82) is 0 Å². The molecule has 1 fully saturated rings. The first kappa shape index (κ1) is 18.7. The molecule has 8 heteroatoms. The highest BCUT2D eigenvalue weighted by atomic mass is 35.5. The summed E-state index contributed by atoms with van der Waals surface area (Å²) in [6.07, 6.45) is 2.36. The van der Waals surface area contributed by atoms with Gasteiger partial charge in [0.1, 0.15) is 4.90 Å². The smallest absolute Gasteiger partial charge is 0.263 e. The maximum absolute atomic E-state index is 12.6. The van der Waals surface area contributed by atoms with Gasteiger partial charge in [-0.05, 0) is 49.2 Å². The third-order valence-electron chi connectivity index (χ3n) is 4.62. The van der Waals surface area contributed by atoms with Gasteiger partial charge < -0.3 is 4.90 Å². The van der Waals surface area contributed by atoms with Crippen molar-refractivity contribution in [2.45, 2.75) is 17.7 Å². The second-order valence-electron chi connectivity index (χ2n) is 6.59. The Morgan fingerprint density at radius 1 is 0.929 bits per heavy atom. The molecule has 0 radical (unpaired) electrons. The quantitative estimate of drug-likeness (QED) is 0.677. The largest absolute Gasteiger partial charge is 0.355 e. The zero-order valence-corrected chi connectivity index (χ0v) is 16.6. The molecule has 2 aromatic carbocycles. The molecule has 1 aliphatic heterocycles. The van der Waals surface area contributed by atoms with Gasteiger partial charge in [-0.15, -0.1) is 10.2 Å². The summed E-state index contributed by atoms with van der Waals surface area (Å²) in [6, 6.07) is 17.2. The molecule has 6 nitrogen and oxygen atoms in total. The second kappa shape index (κ2) is 7.77. The summed E-state index contributed by atoms with van der Waals surface area (Å²) in [5.41, 5.74) is 1.89. The molecule has 0 aliphatic carbocycles. The summed E-state index contributed by atoms with van der Waals surface area (Å²) >= 11 is 6.03. The fourth-order valence-electron chi connectivity index (χ4n) is 3.21. The molecule has 0 spiro atoms. The molecule has 1 aromatic heterocycles. The molecule has 144 valence electrons. The molecule has 0 atom stereocenters. The Bertz CT molecular complexity index is 1080. The molecule has 2 heterocycles. The van der Waals surface area contributed by atoms with E-state index >= 15 is 0 Å². The molecule has 1 saturated heterocycles. The van der Waals surface area contributed by atoms with Crippen LogP contribution in [0.15, 0.2) is 65.6 Å². The van der Waals surface area contributed by atoms with E-state index in [1.54, 1.807) is 36.4 Å². The minimum absolute atomic E-state index is 0.0387. The number of anilines is 2. The lowest BCUT2D eigenvalue weighted by molar-refractivity contribution is 0.601. The predicted octanol–water partition coefficient (Wildman–Crippen LogP) is 4.20. The first-order valence-corrected chi connectivity index (χ1v) is 10.9. The van der Waals surface area contributed by atoms with Crippen LogP contribution in [0.25, 0.3) is 11.3 Å². The minimum Gasteiger partial charge on any atom is -0.355 e. The molecule has 0 unspecified atom stereocenters. The number of hydrogen-bond acceptors (Lipinski definition) is 5. The topological polar surface area (TPSA) is 75.2 Å². The summed E-state index contributed by atoms with van der Waals surface area (Å²) in [6.45, 7) is 2.01. The Morgan fingerprint density at radius 2 is 1.71 bits per heavy atom. The van der Waals surface area contributed by atoms with Gasteiger partial charge in [0, 0.05) is 24.3 Å². The zero-order valence-electron chi connectivity index (χ0n) is 15.0. The van der Waals surface area contributed by atoms with Crippen LogP contribution < -0.4 is 9.62 Å². The normalized spacial score (nSPS) is 14.2. The Hall–Kier alpha value is -2.64. The van der Waals surface area contributed by atoms with Gasteiger partial charge in [0.05, 0.1) is 10.7 Å². The van der Waals surface area contributed by atoms with E-state index in [2.05, 4.69) is 19.8 Å². The number of nitrogens with zero attached hydrogens (tertiary/aromatic N) is 3. The van der Waals surface area contributed by atoms with Gasteiger partial charge in [-0.25, -0.2) is 8.42 Å². The summed E-state index contributed by atoms with van der Waals surface area (Å²) in [7, 11) is -3.79. The molecule has 4 rings (SSSR count). The number of benzene rings is 2. The highest BCUT2D eigenvalue weighted by Crippen LogP contribution is 2.26. The van der Waals surface area contributed by atoms with Crippen molar-refractivity contribution in [3.63, 3.8) is 0 Å². The third-order valence-corrected chi connectivity index (χ3v) is 6.50. The first-order chi connectivity index (χ1) is 13.5. The van der Waals surface area contributed by atoms with Crippen molar-refractivity contribution in [2.24, 2.45) is 0 Å². The molecular weight excluding hydrogens is 396 g/mol. The van der Waals surface area contributed by atoms with E-state index in [1.807, 2.05) is 18.2 Å². The number of aromatic nitrogens is 2. The summed E-state index contributed by atoms with van der Waals surface area (Å²) in [5.74, 6) is 0.872. The van der Waals surface area contributed by atoms with Crippen molar-refractivity contribution in [3.8, 4) is 11.3 Å². The van der Waals surface area contributed by atoms with E-state index < -0.39 is 10.0 Å². The fourth-order valence-corrected chi connectivity index (χ4v) is 4.78. The van der Waals surface area contributed by atoms with Crippen LogP contribution >= 0.6 is 11.6 Å². The number of sulfonamides is 1. The van der Waals surface area contributed by atoms with E-state index in [4.69, 9.17) is 11.6 Å². The van der Waals surface area contributed by atoms with Crippen LogP contribution in [0.2, 0.25) is 5.02 Å². The molecule has 0 saturated carbocycles. The summed E-state index contributed by atoms with van der Waals surface area (Å²) in [4.78, 5) is 2.25. The van der Waals surface area contributed by atoms with Crippen LogP contribution in [-0.2, 0) is 10.0 Å². The van der Waals surface area contributed by atoms with Crippen molar-refractivity contribution in [3.05, 3.63) is 65.7 Å². The van der Waals surface area contributed by atoms with E-state index in [9.17, 15) is 8.42 Å². The van der Waals surface area contributed by atoms with E-state index in [1.165, 1.54) is 18.9 Å². The average Bonchev–Trinajstić information content (AvgIpc) is 3.23. The van der Waals surface area contributed by atoms with Crippen molar-refractivity contribution in [1.82, 2.24) is 10.2 Å². The average molecular weight is 415 g/mol. The molecule has 28 heavy (non-hydrogen) atoms. The van der Waals surface area contributed by atoms with Crippen LogP contribution in [0.3, 0.4) is 0 Å². The lowest BCUT2D eigenvalue weighted by atomic mass is 10.1. The van der Waals surface area contributed by atoms with Crippen molar-refractivity contribution in [2.75, 3.05) is 22.7 Å². The first-order valence-electron chi connectivity index (χ1n) is 8.99. The number of nitrogens with one attached hydrogen (secondary N) is 1. The number of hydrogen-bond donors (Lipinski definition) is 1. The second-order valence-corrected chi connectivity index (χ2v) is 8.65. The van der Waals surface area contributed by atoms with E-state index in [0.717, 1.165) is 24.5 Å². The number of rotatable bonds is 5. The van der Waals surface area contributed by atoms with Gasteiger partial charge in [0.2, 0.25) is 0 Å². The molecular formula is C20H19ClN4O2S. The molecule has 0 bridgehead atoms. The van der Waals surface area contributed by atoms with Crippen LogP contribution in [0, 0.1) is 0 Å². The van der Waals surface area contributed by atoms with Gasteiger partial charge in [-0.3, -0.25) is 4.72 Å². The Labute approximate surface area is 169 Å². The van der Waals surface area contributed by atoms with Crippen molar-refractivity contribution < 1.29 is 8.42 Å². The van der Waals surface area contributed by atoms with Crippen LogP contribution in [0.4, 0.5) is 11.5 Å². The standard InChI is InChI=1S/C20H19ClN4O2S/c21-17-8-1-2-9-19(17)28(26,27)24-16-7-5-6-15(14-16)18-10-11-20(23-22-18)25-12-3-4-13-25/h1-2,5-11,14,24H,3-4,12-13H2. The van der Waals surface area contributed by atoms with E-state index in [0.29, 0.717) is 11.4 Å². The fraction of sp³-hybridized carbons (Fsp3) is 0.200. The van der Waals surface area contributed by atoms with Gasteiger partial charge in [0.15, 0.2) is 5.82 Å². The molecule has 3 aromatic rings. The lowest BCUT2D eigenvalue weighted by Crippen LogP contribution is -2.19. The van der Waals surface area contributed by atoms with Crippen LogP contribution in [-0.4, -0.2) is 31.7 Å². The van der Waals surface area contributed by atoms with Gasteiger partial charge in [-0.1, -0.05) is 35.9 Å². The monoisotopic (exact) mass is 414 g/mol. The molecule has 0 amide bonds. The highest BCUT2D eigenvalue weighted by Gasteiger charge is 2.18. The predicted molar refractivity (Wildman–Crippen MR) is 111 cm³/mol. The molecule has 1 aliphatic rings. The van der Waals surface area contributed by atoms with Gasteiger partial charge in [0.25, 0.3) is 10.0 Å². The number of halogens is 1. The zero-order chi connectivity index (χ0) is 19.6. The summed E-state index contributed by atoms with van der Waals surface area (Å²) in [5, 5.41) is 8.81. The maximum Gasteiger partial charge on any atom is 0.263 e. The molecule has 1 N–H and O–H groups in total. The lowest BCUT2D eigenvalue weighted by Gasteiger charge is -2.15.